The lowest BCUT2D eigenvalue weighted by Crippen LogP contribution is -2.45. The number of pyridine rings is 1. The Morgan fingerprint density at radius 2 is 2.00 bits per heavy atom. The molecular weight excluding hydrogens is 363 g/mol. The van der Waals surface area contributed by atoms with Gasteiger partial charge in [0.2, 0.25) is 0 Å². The minimum Gasteiger partial charge on any atom is -0.354 e. The monoisotopic (exact) mass is 384 g/mol. The summed E-state index contributed by atoms with van der Waals surface area (Å²) in [4.78, 5) is 30.8. The second-order valence-corrected chi connectivity index (χ2v) is 7.08. The van der Waals surface area contributed by atoms with Gasteiger partial charge in [0.25, 0.3) is 5.56 Å². The molecule has 26 heavy (non-hydrogen) atoms. The van der Waals surface area contributed by atoms with E-state index in [0.29, 0.717) is 17.8 Å². The number of rotatable bonds is 3. The normalized spacial score (nSPS) is 21.0. The third kappa shape index (κ3) is 2.84. The quantitative estimate of drug-likeness (QED) is 0.738. The van der Waals surface area contributed by atoms with Crippen LogP contribution in [0.4, 0.5) is 10.2 Å². The van der Waals surface area contributed by atoms with Gasteiger partial charge in [0.05, 0.1) is 5.39 Å². The number of nitrogens with zero attached hydrogens (tertiary/aromatic N) is 4. The first-order chi connectivity index (χ1) is 11.9. The molecule has 1 unspecified atom stereocenters. The predicted molar refractivity (Wildman–Crippen MR) is 99.9 cm³/mol. The van der Waals surface area contributed by atoms with Crippen molar-refractivity contribution in [2.75, 3.05) is 23.8 Å². The summed E-state index contributed by atoms with van der Waals surface area (Å²) in [5.74, 6) is 5.41. The molecule has 0 amide bonds. The van der Waals surface area contributed by atoms with Crippen LogP contribution in [0.15, 0.2) is 15.7 Å². The number of fused-ring (bicyclic) bond motifs is 1. The average molecular weight is 385 g/mol. The minimum absolute atomic E-state index is 0. The predicted octanol–water partition coefficient (Wildman–Crippen LogP) is 0.341. The Kier molecular flexibility index (Phi) is 4.70. The van der Waals surface area contributed by atoms with Gasteiger partial charge >= 0.3 is 5.69 Å². The van der Waals surface area contributed by atoms with E-state index in [0.717, 1.165) is 25.3 Å². The van der Waals surface area contributed by atoms with Crippen molar-refractivity contribution in [1.82, 2.24) is 14.2 Å². The number of halogens is 2. The lowest BCUT2D eigenvalue weighted by Gasteiger charge is -2.20. The molecule has 1 aliphatic heterocycles. The Balaban J connectivity index is 0.00000196. The molecule has 3 heterocycles. The smallest absolute Gasteiger partial charge is 0.351 e. The topological polar surface area (TPSA) is 112 Å². The Morgan fingerprint density at radius 3 is 2.58 bits per heavy atom. The van der Waals surface area contributed by atoms with Crippen molar-refractivity contribution in [2.24, 2.45) is 11.7 Å². The van der Waals surface area contributed by atoms with Crippen LogP contribution in [0.1, 0.15) is 32.2 Å². The third-order valence-corrected chi connectivity index (χ3v) is 5.21. The van der Waals surface area contributed by atoms with Gasteiger partial charge in [-0.15, -0.1) is 12.4 Å². The Bertz CT molecular complexity index is 968. The second-order valence-electron chi connectivity index (χ2n) is 7.08. The van der Waals surface area contributed by atoms with Crippen molar-refractivity contribution < 1.29 is 4.39 Å². The van der Waals surface area contributed by atoms with Crippen molar-refractivity contribution in [1.29, 1.82) is 0 Å². The molecule has 8 nitrogen and oxygen atoms in total. The molecule has 142 valence electrons. The highest BCUT2D eigenvalue weighted by Crippen LogP contribution is 2.35. The van der Waals surface area contributed by atoms with Crippen molar-refractivity contribution in [3.05, 3.63) is 32.7 Å². The SMILES string of the molecule is C[C@H](N)C1CCN(c2nc3c(cc2F)c(=O)n(N)c(=O)n3C2CC2)C1.Cl. The zero-order valence-electron chi connectivity index (χ0n) is 14.4. The molecule has 2 aromatic rings. The van der Waals surface area contributed by atoms with Crippen LogP contribution in [-0.2, 0) is 0 Å². The molecule has 4 rings (SSSR count). The van der Waals surface area contributed by atoms with Crippen LogP contribution >= 0.6 is 12.4 Å². The van der Waals surface area contributed by atoms with Crippen LogP contribution in [0.2, 0.25) is 0 Å². The number of aromatic nitrogens is 3. The van der Waals surface area contributed by atoms with E-state index in [4.69, 9.17) is 11.6 Å². The zero-order valence-corrected chi connectivity index (χ0v) is 15.2. The molecule has 2 fully saturated rings. The fraction of sp³-hybridized carbons (Fsp3) is 0.562. The molecule has 0 aromatic carbocycles. The third-order valence-electron chi connectivity index (χ3n) is 5.21. The van der Waals surface area contributed by atoms with E-state index in [-0.39, 0.29) is 47.3 Å². The van der Waals surface area contributed by atoms with Crippen LogP contribution in [0.3, 0.4) is 0 Å². The van der Waals surface area contributed by atoms with E-state index in [9.17, 15) is 14.0 Å². The van der Waals surface area contributed by atoms with Crippen molar-refractivity contribution in [2.45, 2.75) is 38.3 Å². The molecule has 1 aliphatic carbocycles. The van der Waals surface area contributed by atoms with Crippen molar-refractivity contribution in [3.63, 3.8) is 0 Å². The standard InChI is InChI=1S/C16H21FN6O2.ClH/c1-8(18)9-4-5-21(7-9)14-12(17)6-11-13(20-14)22(10-2-3-10)16(25)23(19)15(11)24;/h6,8-10H,2-5,7,18-19H2,1H3;1H/t8-,9?;/m0./s1. The van der Waals surface area contributed by atoms with Gasteiger partial charge in [-0.25, -0.2) is 14.2 Å². The first-order valence-corrected chi connectivity index (χ1v) is 8.52. The molecule has 4 N–H and O–H groups in total. The van der Waals surface area contributed by atoms with Crippen LogP contribution in [0.5, 0.6) is 0 Å². The van der Waals surface area contributed by atoms with E-state index in [2.05, 4.69) is 4.98 Å². The highest BCUT2D eigenvalue weighted by molar-refractivity contribution is 5.85. The molecule has 0 bridgehead atoms. The second kappa shape index (κ2) is 6.55. The highest BCUT2D eigenvalue weighted by Gasteiger charge is 2.32. The molecule has 0 radical (unpaired) electrons. The molecular formula is C16H22ClFN6O2. The van der Waals surface area contributed by atoms with Gasteiger partial charge in [-0.05, 0) is 38.2 Å². The summed E-state index contributed by atoms with van der Waals surface area (Å²) in [6.45, 7) is 3.19. The van der Waals surface area contributed by atoms with Gasteiger partial charge in [0.15, 0.2) is 17.3 Å². The summed E-state index contributed by atoms with van der Waals surface area (Å²) in [6, 6.07) is 1.12. The van der Waals surface area contributed by atoms with Crippen LogP contribution in [0.25, 0.3) is 11.0 Å². The van der Waals surface area contributed by atoms with Crippen LogP contribution in [-0.4, -0.2) is 33.4 Å². The van der Waals surface area contributed by atoms with Gasteiger partial charge in [-0.3, -0.25) is 9.36 Å². The van der Waals surface area contributed by atoms with Crippen LogP contribution < -0.4 is 27.7 Å². The van der Waals surface area contributed by atoms with E-state index in [1.165, 1.54) is 4.57 Å². The molecule has 1 saturated heterocycles. The number of anilines is 1. The number of hydrogen-bond donors (Lipinski definition) is 2. The van der Waals surface area contributed by atoms with Gasteiger partial charge < -0.3 is 16.5 Å². The summed E-state index contributed by atoms with van der Waals surface area (Å²) in [6.07, 6.45) is 2.49. The Hall–Kier alpha value is -2.13. The van der Waals surface area contributed by atoms with E-state index in [1.807, 2.05) is 11.8 Å². The highest BCUT2D eigenvalue weighted by atomic mass is 35.5. The molecule has 2 atom stereocenters. The molecule has 1 saturated carbocycles. The number of nitrogens with two attached hydrogens (primary N) is 2. The fourth-order valence-corrected chi connectivity index (χ4v) is 3.53. The van der Waals surface area contributed by atoms with Gasteiger partial charge in [-0.1, -0.05) is 0 Å². The summed E-state index contributed by atoms with van der Waals surface area (Å²) in [5, 5.41) is 0.0261. The summed E-state index contributed by atoms with van der Waals surface area (Å²) < 4.78 is 16.6. The van der Waals surface area contributed by atoms with Gasteiger partial charge in [0, 0.05) is 25.2 Å². The molecule has 2 aliphatic rings. The summed E-state index contributed by atoms with van der Waals surface area (Å²) >= 11 is 0. The lowest BCUT2D eigenvalue weighted by atomic mass is 10.0. The number of nitrogen functional groups attached to an aromatic ring is 1. The maximum atomic E-state index is 14.6. The van der Waals surface area contributed by atoms with Crippen molar-refractivity contribution in [3.8, 4) is 0 Å². The largest absolute Gasteiger partial charge is 0.354 e. The maximum absolute atomic E-state index is 14.6. The van der Waals surface area contributed by atoms with Crippen LogP contribution in [0, 0.1) is 11.7 Å². The summed E-state index contributed by atoms with van der Waals surface area (Å²) in [5.41, 5.74) is 4.82. The Labute approximate surface area is 155 Å². The first-order valence-electron chi connectivity index (χ1n) is 8.52. The minimum atomic E-state index is -0.732. The fourth-order valence-electron chi connectivity index (χ4n) is 3.53. The summed E-state index contributed by atoms with van der Waals surface area (Å²) in [7, 11) is 0. The molecule has 2 aromatic heterocycles. The van der Waals surface area contributed by atoms with Crippen molar-refractivity contribution >= 4 is 29.3 Å². The van der Waals surface area contributed by atoms with Gasteiger partial charge in [-0.2, -0.15) is 4.68 Å². The molecule has 10 heteroatoms. The average Bonchev–Trinajstić information content (AvgIpc) is 3.28. The maximum Gasteiger partial charge on any atom is 0.351 e. The van der Waals surface area contributed by atoms with E-state index in [1.54, 1.807) is 0 Å². The first kappa shape index (κ1) is 18.7. The number of hydrogen-bond acceptors (Lipinski definition) is 6. The van der Waals surface area contributed by atoms with E-state index >= 15 is 0 Å². The lowest BCUT2D eigenvalue weighted by molar-refractivity contribution is 0.487. The molecule has 0 spiro atoms. The van der Waals surface area contributed by atoms with Gasteiger partial charge in [0.1, 0.15) is 0 Å². The Morgan fingerprint density at radius 1 is 1.31 bits per heavy atom. The zero-order chi connectivity index (χ0) is 17.9. The van der Waals surface area contributed by atoms with E-state index < -0.39 is 17.1 Å².